The Bertz CT molecular complexity index is 221. The summed E-state index contributed by atoms with van der Waals surface area (Å²) in [6.07, 6.45) is 5.44. The predicted molar refractivity (Wildman–Crippen MR) is 55.1 cm³/mol. The average Bonchev–Trinajstić information content (AvgIpc) is 2.78. The van der Waals surface area contributed by atoms with Crippen LogP contribution in [0.15, 0.2) is 0 Å². The predicted octanol–water partition coefficient (Wildman–Crippen LogP) is 0.193. The molecule has 0 aromatic carbocycles. The summed E-state index contributed by atoms with van der Waals surface area (Å²) in [5.41, 5.74) is 0. The molecule has 4 unspecified atom stereocenters. The minimum atomic E-state index is -0.130. The first-order valence-corrected chi connectivity index (χ1v) is 6.01. The third kappa shape index (κ3) is 1.30. The second-order valence-corrected chi connectivity index (χ2v) is 5.08. The van der Waals surface area contributed by atoms with Crippen molar-refractivity contribution in [3.05, 3.63) is 0 Å². The Morgan fingerprint density at radius 2 is 2.00 bits per heavy atom. The van der Waals surface area contributed by atoms with Crippen LogP contribution in [-0.4, -0.2) is 47.8 Å². The number of nitrogens with one attached hydrogen (secondary N) is 1. The average molecular weight is 196 g/mol. The van der Waals surface area contributed by atoms with Crippen molar-refractivity contribution in [2.75, 3.05) is 19.6 Å². The zero-order valence-corrected chi connectivity index (χ0v) is 8.65. The van der Waals surface area contributed by atoms with Crippen LogP contribution in [0.4, 0.5) is 0 Å². The molecule has 2 N–H and O–H groups in total. The fraction of sp³-hybridized carbons (Fsp3) is 1.00. The van der Waals surface area contributed by atoms with E-state index in [1.165, 1.54) is 32.2 Å². The van der Waals surface area contributed by atoms with Crippen LogP contribution in [0.2, 0.25) is 0 Å². The van der Waals surface area contributed by atoms with Crippen molar-refractivity contribution < 1.29 is 5.11 Å². The first kappa shape index (κ1) is 9.13. The van der Waals surface area contributed by atoms with E-state index in [9.17, 15) is 5.11 Å². The van der Waals surface area contributed by atoms with Crippen molar-refractivity contribution in [3.8, 4) is 0 Å². The summed E-state index contributed by atoms with van der Waals surface area (Å²) < 4.78 is 0. The minimum absolute atomic E-state index is 0.130. The van der Waals surface area contributed by atoms with Gasteiger partial charge in [-0.2, -0.15) is 0 Å². The maximum atomic E-state index is 9.87. The molecule has 4 atom stereocenters. The number of fused-ring (bicyclic) bond motifs is 1. The SMILES string of the molecule is OC1CNCC1N1CCC2CCCC21. The number of hydrogen-bond acceptors (Lipinski definition) is 3. The van der Waals surface area contributed by atoms with Crippen LogP contribution < -0.4 is 5.32 Å². The monoisotopic (exact) mass is 196 g/mol. The highest BCUT2D eigenvalue weighted by Gasteiger charge is 2.43. The largest absolute Gasteiger partial charge is 0.390 e. The molecule has 2 saturated heterocycles. The summed E-state index contributed by atoms with van der Waals surface area (Å²) in [6.45, 7) is 3.00. The summed E-state index contributed by atoms with van der Waals surface area (Å²) >= 11 is 0. The summed E-state index contributed by atoms with van der Waals surface area (Å²) in [4.78, 5) is 2.59. The topological polar surface area (TPSA) is 35.5 Å². The van der Waals surface area contributed by atoms with Crippen molar-refractivity contribution in [2.45, 2.75) is 43.9 Å². The molecule has 0 spiro atoms. The Labute approximate surface area is 85.5 Å². The quantitative estimate of drug-likeness (QED) is 0.628. The molecule has 1 aliphatic carbocycles. The number of likely N-dealkylation sites (tertiary alicyclic amines) is 1. The van der Waals surface area contributed by atoms with E-state index in [1.807, 2.05) is 0 Å². The van der Waals surface area contributed by atoms with Gasteiger partial charge in [0.2, 0.25) is 0 Å². The Hall–Kier alpha value is -0.120. The van der Waals surface area contributed by atoms with E-state index in [0.29, 0.717) is 6.04 Å². The summed E-state index contributed by atoms with van der Waals surface area (Å²) in [7, 11) is 0. The zero-order chi connectivity index (χ0) is 9.54. The molecule has 3 fully saturated rings. The molecule has 0 amide bonds. The lowest BCUT2D eigenvalue weighted by atomic mass is 10.0. The number of nitrogens with zero attached hydrogens (tertiary/aromatic N) is 1. The number of aliphatic hydroxyl groups excluding tert-OH is 1. The molecule has 3 rings (SSSR count). The molecule has 3 nitrogen and oxygen atoms in total. The van der Waals surface area contributed by atoms with E-state index < -0.39 is 0 Å². The fourth-order valence-electron chi connectivity index (χ4n) is 3.67. The molecular weight excluding hydrogens is 176 g/mol. The van der Waals surface area contributed by atoms with Gasteiger partial charge in [0.05, 0.1) is 6.10 Å². The lowest BCUT2D eigenvalue weighted by Crippen LogP contribution is -2.46. The van der Waals surface area contributed by atoms with Crippen LogP contribution in [0.1, 0.15) is 25.7 Å². The van der Waals surface area contributed by atoms with Crippen LogP contribution in [0.3, 0.4) is 0 Å². The highest BCUT2D eigenvalue weighted by Crippen LogP contribution is 2.39. The third-order valence-electron chi connectivity index (χ3n) is 4.38. The first-order chi connectivity index (χ1) is 6.86. The summed E-state index contributed by atoms with van der Waals surface area (Å²) in [6, 6.07) is 1.21. The van der Waals surface area contributed by atoms with Crippen LogP contribution in [0.5, 0.6) is 0 Å². The molecule has 0 radical (unpaired) electrons. The van der Waals surface area contributed by atoms with Crippen LogP contribution in [0, 0.1) is 5.92 Å². The summed E-state index contributed by atoms with van der Waals surface area (Å²) in [5.74, 6) is 0.947. The number of hydrogen-bond donors (Lipinski definition) is 2. The molecule has 0 bridgehead atoms. The highest BCUT2D eigenvalue weighted by molar-refractivity contribution is 4.99. The Morgan fingerprint density at radius 1 is 1.07 bits per heavy atom. The van der Waals surface area contributed by atoms with Crippen LogP contribution >= 0.6 is 0 Å². The lowest BCUT2D eigenvalue weighted by molar-refractivity contribution is 0.0721. The number of rotatable bonds is 1. The Morgan fingerprint density at radius 3 is 2.79 bits per heavy atom. The Balaban J connectivity index is 1.72. The van der Waals surface area contributed by atoms with Gasteiger partial charge in [-0.3, -0.25) is 4.90 Å². The maximum Gasteiger partial charge on any atom is 0.0831 e. The second-order valence-electron chi connectivity index (χ2n) is 5.08. The van der Waals surface area contributed by atoms with Crippen molar-refractivity contribution in [2.24, 2.45) is 5.92 Å². The molecule has 0 aromatic heterocycles. The van der Waals surface area contributed by atoms with Gasteiger partial charge >= 0.3 is 0 Å². The molecule has 3 aliphatic rings. The van der Waals surface area contributed by atoms with Crippen molar-refractivity contribution in [1.82, 2.24) is 10.2 Å². The first-order valence-electron chi connectivity index (χ1n) is 6.01. The standard InChI is InChI=1S/C11H20N2O/c14-11-7-12-6-10(11)13-5-4-8-2-1-3-9(8)13/h8-12,14H,1-7H2. The van der Waals surface area contributed by atoms with Gasteiger partial charge in [-0.25, -0.2) is 0 Å². The molecular formula is C11H20N2O. The van der Waals surface area contributed by atoms with Crippen molar-refractivity contribution in [1.29, 1.82) is 0 Å². The van der Waals surface area contributed by atoms with Gasteiger partial charge in [0.15, 0.2) is 0 Å². The Kier molecular flexibility index (Phi) is 2.26. The molecule has 0 aromatic rings. The van der Waals surface area contributed by atoms with Crippen molar-refractivity contribution in [3.63, 3.8) is 0 Å². The van der Waals surface area contributed by atoms with E-state index in [-0.39, 0.29) is 6.10 Å². The molecule has 3 heteroatoms. The third-order valence-corrected chi connectivity index (χ3v) is 4.38. The van der Waals surface area contributed by atoms with Gasteiger partial charge < -0.3 is 10.4 Å². The number of aliphatic hydroxyl groups is 1. The van der Waals surface area contributed by atoms with Gasteiger partial charge in [0.1, 0.15) is 0 Å². The maximum absolute atomic E-state index is 9.87. The lowest BCUT2D eigenvalue weighted by Gasteiger charge is -2.31. The minimum Gasteiger partial charge on any atom is -0.390 e. The van der Waals surface area contributed by atoms with Gasteiger partial charge in [-0.1, -0.05) is 6.42 Å². The smallest absolute Gasteiger partial charge is 0.0831 e. The van der Waals surface area contributed by atoms with Crippen molar-refractivity contribution >= 4 is 0 Å². The van der Waals surface area contributed by atoms with Crippen LogP contribution in [0.25, 0.3) is 0 Å². The highest BCUT2D eigenvalue weighted by atomic mass is 16.3. The van der Waals surface area contributed by atoms with E-state index >= 15 is 0 Å². The van der Waals surface area contributed by atoms with Gasteiger partial charge in [-0.15, -0.1) is 0 Å². The molecule has 2 aliphatic heterocycles. The second kappa shape index (κ2) is 3.47. The molecule has 80 valence electrons. The molecule has 1 saturated carbocycles. The number of β-amino-alcohol motifs (C(OH)–C–C–N with tert-alkyl or cyclic N) is 1. The van der Waals surface area contributed by atoms with E-state index in [0.717, 1.165) is 25.0 Å². The van der Waals surface area contributed by atoms with E-state index in [2.05, 4.69) is 10.2 Å². The van der Waals surface area contributed by atoms with Crippen LogP contribution in [-0.2, 0) is 0 Å². The van der Waals surface area contributed by atoms with E-state index in [1.54, 1.807) is 0 Å². The van der Waals surface area contributed by atoms with Gasteiger partial charge in [0.25, 0.3) is 0 Å². The fourth-order valence-corrected chi connectivity index (χ4v) is 3.67. The normalized spacial score (nSPS) is 48.6. The molecule has 14 heavy (non-hydrogen) atoms. The zero-order valence-electron chi connectivity index (χ0n) is 8.65. The van der Waals surface area contributed by atoms with Gasteiger partial charge in [0, 0.05) is 25.2 Å². The summed E-state index contributed by atoms with van der Waals surface area (Å²) in [5, 5.41) is 13.2. The molecule has 2 heterocycles. The van der Waals surface area contributed by atoms with E-state index in [4.69, 9.17) is 0 Å². The van der Waals surface area contributed by atoms with Gasteiger partial charge in [-0.05, 0) is 31.7 Å².